The number of piperazine rings is 1. The molecule has 1 aromatic rings. The van der Waals surface area contributed by atoms with Crippen molar-refractivity contribution >= 4 is 10.0 Å². The normalized spacial score (nSPS) is 26.6. The van der Waals surface area contributed by atoms with Crippen molar-refractivity contribution in [2.24, 2.45) is 0 Å². The molecule has 3 rings (SSSR count). The lowest BCUT2D eigenvalue weighted by Crippen LogP contribution is -2.57. The summed E-state index contributed by atoms with van der Waals surface area (Å²) in [7, 11) is -3.54. The van der Waals surface area contributed by atoms with Gasteiger partial charge in [-0.2, -0.15) is 4.31 Å². The minimum atomic E-state index is -3.54. The topological polar surface area (TPSA) is 67.9 Å². The van der Waals surface area contributed by atoms with Crippen molar-refractivity contribution in [1.82, 2.24) is 9.62 Å². The van der Waals surface area contributed by atoms with E-state index in [0.717, 1.165) is 0 Å². The molecule has 7 heteroatoms. The summed E-state index contributed by atoms with van der Waals surface area (Å²) in [5, 5.41) is 3.24. The van der Waals surface area contributed by atoms with Gasteiger partial charge >= 0.3 is 0 Å². The second-order valence-corrected chi connectivity index (χ2v) is 7.34. The number of ether oxygens (including phenoxy) is 2. The first-order chi connectivity index (χ1) is 10.00. The van der Waals surface area contributed by atoms with Gasteiger partial charge in [-0.25, -0.2) is 8.42 Å². The highest BCUT2D eigenvalue weighted by Crippen LogP contribution is 2.34. The van der Waals surface area contributed by atoms with Crippen molar-refractivity contribution < 1.29 is 17.9 Å². The summed E-state index contributed by atoms with van der Waals surface area (Å²) in [4.78, 5) is 0.257. The van der Waals surface area contributed by atoms with Crippen molar-refractivity contribution in [3.05, 3.63) is 18.2 Å². The van der Waals surface area contributed by atoms with Crippen LogP contribution in [0.2, 0.25) is 0 Å². The number of rotatable bonds is 2. The van der Waals surface area contributed by atoms with Gasteiger partial charge in [0, 0.05) is 31.2 Å². The highest BCUT2D eigenvalue weighted by Gasteiger charge is 2.36. The van der Waals surface area contributed by atoms with Gasteiger partial charge in [-0.1, -0.05) is 0 Å². The summed E-state index contributed by atoms with van der Waals surface area (Å²) >= 11 is 0. The molecule has 21 heavy (non-hydrogen) atoms. The standard InChI is InChI=1S/C14H20N2O4S/c1-10-8-15-9-11(2)16(10)21(17,18)12-3-4-13-14(7-12)20-6-5-19-13/h3-4,7,10-11,15H,5-6,8-9H2,1-2H3. The molecule has 1 saturated heterocycles. The van der Waals surface area contributed by atoms with E-state index in [9.17, 15) is 8.42 Å². The number of hydrogen-bond acceptors (Lipinski definition) is 5. The van der Waals surface area contributed by atoms with E-state index in [0.29, 0.717) is 37.8 Å². The Labute approximate surface area is 125 Å². The highest BCUT2D eigenvalue weighted by atomic mass is 32.2. The summed E-state index contributed by atoms with van der Waals surface area (Å²) in [6, 6.07) is 4.66. The molecule has 2 atom stereocenters. The first-order valence-electron chi connectivity index (χ1n) is 7.14. The Kier molecular flexibility index (Phi) is 3.81. The number of sulfonamides is 1. The van der Waals surface area contributed by atoms with Crippen LogP contribution in [0.5, 0.6) is 11.5 Å². The zero-order valence-electron chi connectivity index (χ0n) is 12.2. The predicted octanol–water partition coefficient (Wildman–Crippen LogP) is 0.829. The highest BCUT2D eigenvalue weighted by molar-refractivity contribution is 7.89. The molecule has 2 heterocycles. The molecule has 2 aliphatic heterocycles. The van der Waals surface area contributed by atoms with Crippen LogP contribution in [0.1, 0.15) is 13.8 Å². The summed E-state index contributed by atoms with van der Waals surface area (Å²) in [6.45, 7) is 6.08. The second-order valence-electron chi connectivity index (χ2n) is 5.50. The van der Waals surface area contributed by atoms with Crippen molar-refractivity contribution in [3.63, 3.8) is 0 Å². The Morgan fingerprint density at radius 1 is 1.10 bits per heavy atom. The number of fused-ring (bicyclic) bond motifs is 1. The molecular formula is C14H20N2O4S. The van der Waals surface area contributed by atoms with Crippen molar-refractivity contribution in [3.8, 4) is 11.5 Å². The molecule has 1 aromatic carbocycles. The van der Waals surface area contributed by atoms with E-state index >= 15 is 0 Å². The van der Waals surface area contributed by atoms with Crippen LogP contribution in [0.15, 0.2) is 23.1 Å². The van der Waals surface area contributed by atoms with Gasteiger partial charge in [0.05, 0.1) is 4.90 Å². The second kappa shape index (κ2) is 5.47. The zero-order valence-corrected chi connectivity index (χ0v) is 13.0. The number of nitrogens with one attached hydrogen (secondary N) is 1. The number of benzene rings is 1. The van der Waals surface area contributed by atoms with E-state index < -0.39 is 10.0 Å². The Morgan fingerprint density at radius 3 is 2.38 bits per heavy atom. The molecule has 0 saturated carbocycles. The number of hydrogen-bond donors (Lipinski definition) is 1. The first kappa shape index (κ1) is 14.6. The van der Waals surface area contributed by atoms with E-state index in [1.807, 2.05) is 13.8 Å². The van der Waals surface area contributed by atoms with Gasteiger partial charge in [-0.3, -0.25) is 0 Å². The van der Waals surface area contributed by atoms with Crippen LogP contribution in [0.4, 0.5) is 0 Å². The van der Waals surface area contributed by atoms with Crippen LogP contribution in [-0.2, 0) is 10.0 Å². The minimum Gasteiger partial charge on any atom is -0.486 e. The molecule has 1 fully saturated rings. The van der Waals surface area contributed by atoms with Crippen LogP contribution in [0.3, 0.4) is 0 Å². The first-order valence-corrected chi connectivity index (χ1v) is 8.58. The van der Waals surface area contributed by atoms with Gasteiger partial charge in [0.25, 0.3) is 0 Å². The monoisotopic (exact) mass is 312 g/mol. The summed E-state index contributed by atoms with van der Waals surface area (Å²) < 4.78 is 38.3. The van der Waals surface area contributed by atoms with E-state index in [4.69, 9.17) is 9.47 Å². The summed E-state index contributed by atoms with van der Waals surface area (Å²) in [5.74, 6) is 1.10. The zero-order chi connectivity index (χ0) is 15.0. The molecule has 1 N–H and O–H groups in total. The summed E-state index contributed by atoms with van der Waals surface area (Å²) in [6.07, 6.45) is 0. The quantitative estimate of drug-likeness (QED) is 0.876. The molecule has 0 spiro atoms. The predicted molar refractivity (Wildman–Crippen MR) is 78.3 cm³/mol. The lowest BCUT2D eigenvalue weighted by Gasteiger charge is -2.38. The Balaban J connectivity index is 1.97. The molecule has 0 aromatic heterocycles. The van der Waals surface area contributed by atoms with Crippen LogP contribution in [0.25, 0.3) is 0 Å². The van der Waals surface area contributed by atoms with E-state index in [2.05, 4.69) is 5.32 Å². The van der Waals surface area contributed by atoms with Crippen molar-refractivity contribution in [1.29, 1.82) is 0 Å². The van der Waals surface area contributed by atoms with Gasteiger partial charge in [0.15, 0.2) is 11.5 Å². The minimum absolute atomic E-state index is 0.0769. The van der Waals surface area contributed by atoms with Crippen LogP contribution in [0, 0.1) is 0 Å². The molecule has 0 amide bonds. The number of nitrogens with zero attached hydrogens (tertiary/aromatic N) is 1. The lowest BCUT2D eigenvalue weighted by atomic mass is 10.2. The average Bonchev–Trinajstić information content (AvgIpc) is 2.46. The van der Waals surface area contributed by atoms with E-state index in [-0.39, 0.29) is 17.0 Å². The maximum atomic E-state index is 12.9. The summed E-state index contributed by atoms with van der Waals surface area (Å²) in [5.41, 5.74) is 0. The van der Waals surface area contributed by atoms with E-state index in [1.54, 1.807) is 22.5 Å². The molecule has 0 radical (unpaired) electrons. The maximum absolute atomic E-state index is 12.9. The Hall–Kier alpha value is -1.31. The van der Waals surface area contributed by atoms with Gasteiger partial charge in [-0.15, -0.1) is 0 Å². The third kappa shape index (κ3) is 2.61. The largest absolute Gasteiger partial charge is 0.486 e. The third-order valence-corrected chi connectivity index (χ3v) is 5.96. The fraction of sp³-hybridized carbons (Fsp3) is 0.571. The molecule has 2 aliphatic rings. The lowest BCUT2D eigenvalue weighted by molar-refractivity contribution is 0.171. The van der Waals surface area contributed by atoms with Gasteiger partial charge in [0.2, 0.25) is 10.0 Å². The van der Waals surface area contributed by atoms with Crippen LogP contribution < -0.4 is 14.8 Å². The fourth-order valence-electron chi connectivity index (χ4n) is 2.90. The van der Waals surface area contributed by atoms with Gasteiger partial charge in [0.1, 0.15) is 13.2 Å². The molecule has 116 valence electrons. The SMILES string of the molecule is CC1CNCC(C)N1S(=O)(=O)c1ccc2c(c1)OCCO2. The molecule has 2 unspecified atom stereocenters. The van der Waals surface area contributed by atoms with Gasteiger partial charge < -0.3 is 14.8 Å². The Morgan fingerprint density at radius 2 is 1.71 bits per heavy atom. The van der Waals surface area contributed by atoms with Crippen LogP contribution >= 0.6 is 0 Å². The van der Waals surface area contributed by atoms with Gasteiger partial charge in [-0.05, 0) is 26.0 Å². The average molecular weight is 312 g/mol. The molecular weight excluding hydrogens is 292 g/mol. The van der Waals surface area contributed by atoms with E-state index in [1.165, 1.54) is 0 Å². The van der Waals surface area contributed by atoms with Crippen molar-refractivity contribution in [2.45, 2.75) is 30.8 Å². The van der Waals surface area contributed by atoms with Crippen LogP contribution in [-0.4, -0.2) is 51.1 Å². The molecule has 6 nitrogen and oxygen atoms in total. The molecule has 0 bridgehead atoms. The fourth-order valence-corrected chi connectivity index (χ4v) is 4.73. The third-order valence-electron chi connectivity index (χ3n) is 3.84. The Bertz CT molecular complexity index is 622. The van der Waals surface area contributed by atoms with Crippen molar-refractivity contribution in [2.75, 3.05) is 26.3 Å². The molecule has 0 aliphatic carbocycles. The smallest absolute Gasteiger partial charge is 0.243 e. The maximum Gasteiger partial charge on any atom is 0.243 e.